The van der Waals surface area contributed by atoms with Gasteiger partial charge in [0.1, 0.15) is 23.7 Å². The summed E-state index contributed by atoms with van der Waals surface area (Å²) in [5.74, 6) is -1.43. The zero-order chi connectivity index (χ0) is 16.3. The van der Waals surface area contributed by atoms with Crippen LogP contribution in [0.5, 0.6) is 11.5 Å². The highest BCUT2D eigenvalue weighted by Gasteiger charge is 2.30. The Balaban J connectivity index is 2.04. The van der Waals surface area contributed by atoms with Gasteiger partial charge in [-0.15, -0.1) is 0 Å². The lowest BCUT2D eigenvalue weighted by Crippen LogP contribution is -2.04. The molecule has 2 aromatic carbocycles. The molecule has 22 heavy (non-hydrogen) atoms. The monoisotopic (exact) mass is 312 g/mol. The molecule has 116 valence electrons. The molecule has 2 aromatic rings. The first kappa shape index (κ1) is 15.7. The second-order valence-electron chi connectivity index (χ2n) is 4.47. The molecular formula is C15H11F3O4. The van der Waals surface area contributed by atoms with Crippen LogP contribution in [0.2, 0.25) is 0 Å². The van der Waals surface area contributed by atoms with Gasteiger partial charge in [-0.05, 0) is 42.0 Å². The van der Waals surface area contributed by atoms with Crippen LogP contribution in [0.4, 0.5) is 13.2 Å². The van der Waals surface area contributed by atoms with Crippen molar-refractivity contribution in [2.24, 2.45) is 0 Å². The summed E-state index contributed by atoms with van der Waals surface area (Å²) in [5.41, 5.74) is -0.524. The minimum Gasteiger partial charge on any atom is -0.507 e. The van der Waals surface area contributed by atoms with E-state index in [1.165, 1.54) is 30.3 Å². The van der Waals surface area contributed by atoms with Gasteiger partial charge in [0.15, 0.2) is 0 Å². The molecule has 0 aliphatic carbocycles. The first-order chi connectivity index (χ1) is 10.3. The van der Waals surface area contributed by atoms with Gasteiger partial charge in [0.2, 0.25) is 0 Å². The van der Waals surface area contributed by atoms with E-state index in [1.807, 2.05) is 0 Å². The summed E-state index contributed by atoms with van der Waals surface area (Å²) >= 11 is 0. The average Bonchev–Trinajstić information content (AvgIpc) is 2.44. The van der Waals surface area contributed by atoms with Crippen LogP contribution in [0.1, 0.15) is 21.5 Å². The minimum absolute atomic E-state index is 0.0151. The molecule has 0 atom stereocenters. The van der Waals surface area contributed by atoms with Gasteiger partial charge in [-0.2, -0.15) is 13.2 Å². The van der Waals surface area contributed by atoms with Gasteiger partial charge in [-0.25, -0.2) is 4.79 Å². The van der Waals surface area contributed by atoms with Crippen LogP contribution >= 0.6 is 0 Å². The number of aromatic hydroxyl groups is 1. The van der Waals surface area contributed by atoms with E-state index in [9.17, 15) is 23.1 Å². The van der Waals surface area contributed by atoms with Crippen LogP contribution < -0.4 is 4.74 Å². The third-order valence-electron chi connectivity index (χ3n) is 2.88. The number of ether oxygens (including phenoxy) is 1. The van der Waals surface area contributed by atoms with Crippen LogP contribution in [-0.2, 0) is 12.8 Å². The van der Waals surface area contributed by atoms with Gasteiger partial charge in [-0.3, -0.25) is 0 Å². The zero-order valence-corrected chi connectivity index (χ0v) is 11.1. The van der Waals surface area contributed by atoms with E-state index >= 15 is 0 Å². The Morgan fingerprint density at radius 2 is 1.73 bits per heavy atom. The van der Waals surface area contributed by atoms with Crippen molar-refractivity contribution in [1.82, 2.24) is 0 Å². The molecule has 0 saturated heterocycles. The Kier molecular flexibility index (Phi) is 4.25. The Hall–Kier alpha value is -2.70. The van der Waals surface area contributed by atoms with E-state index in [0.717, 1.165) is 12.1 Å². The number of phenols is 1. The van der Waals surface area contributed by atoms with Gasteiger partial charge >= 0.3 is 12.1 Å². The second-order valence-corrected chi connectivity index (χ2v) is 4.47. The largest absolute Gasteiger partial charge is 0.507 e. The number of rotatable bonds is 4. The van der Waals surface area contributed by atoms with E-state index < -0.39 is 23.5 Å². The van der Waals surface area contributed by atoms with Crippen LogP contribution in [0.25, 0.3) is 0 Å². The predicted molar refractivity (Wildman–Crippen MR) is 70.8 cm³/mol. The molecule has 0 saturated carbocycles. The number of carbonyl (C=O) groups is 1. The van der Waals surface area contributed by atoms with Gasteiger partial charge in [0, 0.05) is 0 Å². The third kappa shape index (κ3) is 3.69. The molecule has 0 aliphatic heterocycles. The Bertz CT molecular complexity index is 678. The number of carboxylic acid groups (broad SMARTS) is 1. The fourth-order valence-corrected chi connectivity index (χ4v) is 1.75. The maximum Gasteiger partial charge on any atom is 0.416 e. The molecule has 0 fully saturated rings. The number of benzene rings is 2. The van der Waals surface area contributed by atoms with Gasteiger partial charge in [0.25, 0.3) is 0 Å². The fraction of sp³-hybridized carbons (Fsp3) is 0.133. The van der Waals surface area contributed by atoms with Gasteiger partial charge in [0.05, 0.1) is 5.56 Å². The highest BCUT2D eigenvalue weighted by Crippen LogP contribution is 2.30. The summed E-state index contributed by atoms with van der Waals surface area (Å²) in [7, 11) is 0. The number of alkyl halides is 3. The molecule has 0 unspecified atom stereocenters. The first-order valence-corrected chi connectivity index (χ1v) is 6.12. The maximum atomic E-state index is 12.4. The Labute approximate surface area is 123 Å². The summed E-state index contributed by atoms with van der Waals surface area (Å²) in [6, 6.07) is 8.09. The van der Waals surface area contributed by atoms with Gasteiger partial charge in [-0.1, -0.05) is 6.07 Å². The molecule has 2 rings (SSSR count). The van der Waals surface area contributed by atoms with E-state index in [2.05, 4.69) is 0 Å². The average molecular weight is 312 g/mol. The summed E-state index contributed by atoms with van der Waals surface area (Å²) < 4.78 is 42.5. The molecule has 0 spiro atoms. The quantitative estimate of drug-likeness (QED) is 0.903. The summed E-state index contributed by atoms with van der Waals surface area (Å²) in [6.45, 7) is -0.0151. The number of halogens is 3. The van der Waals surface area contributed by atoms with Crippen molar-refractivity contribution in [3.63, 3.8) is 0 Å². The summed E-state index contributed by atoms with van der Waals surface area (Å²) in [4.78, 5) is 10.7. The molecule has 2 N–H and O–H groups in total. The summed E-state index contributed by atoms with van der Waals surface area (Å²) in [5, 5.41) is 18.3. The lowest BCUT2D eigenvalue weighted by molar-refractivity contribution is -0.137. The third-order valence-corrected chi connectivity index (χ3v) is 2.88. The minimum atomic E-state index is -4.41. The highest BCUT2D eigenvalue weighted by atomic mass is 19.4. The van der Waals surface area contributed by atoms with Crippen molar-refractivity contribution < 1.29 is 32.9 Å². The predicted octanol–water partition coefficient (Wildman–Crippen LogP) is 3.69. The van der Waals surface area contributed by atoms with Crippen molar-refractivity contribution in [1.29, 1.82) is 0 Å². The topological polar surface area (TPSA) is 66.8 Å². The standard InChI is InChI=1S/C15H11F3O4/c16-15(17,18)10-2-4-11(5-3-10)22-8-9-1-6-12(14(20)21)13(19)7-9/h1-7,19H,8H2,(H,20,21). The van der Waals surface area contributed by atoms with Gasteiger partial charge < -0.3 is 14.9 Å². The van der Waals surface area contributed by atoms with Crippen molar-refractivity contribution in [2.75, 3.05) is 0 Å². The number of hydrogen-bond acceptors (Lipinski definition) is 3. The van der Waals surface area contributed by atoms with Crippen LogP contribution in [0, 0.1) is 0 Å². The molecule has 0 bridgehead atoms. The van der Waals surface area contributed by atoms with Crippen molar-refractivity contribution in [3.8, 4) is 11.5 Å². The Morgan fingerprint density at radius 3 is 2.23 bits per heavy atom. The molecular weight excluding hydrogens is 301 g/mol. The van der Waals surface area contributed by atoms with E-state index in [4.69, 9.17) is 9.84 Å². The molecule has 0 heterocycles. The Morgan fingerprint density at radius 1 is 1.09 bits per heavy atom. The molecule has 0 aromatic heterocycles. The lowest BCUT2D eigenvalue weighted by atomic mass is 10.1. The maximum absolute atomic E-state index is 12.4. The van der Waals surface area contributed by atoms with E-state index in [0.29, 0.717) is 5.56 Å². The normalized spacial score (nSPS) is 11.2. The lowest BCUT2D eigenvalue weighted by Gasteiger charge is -2.10. The van der Waals surface area contributed by atoms with E-state index in [-0.39, 0.29) is 17.9 Å². The van der Waals surface area contributed by atoms with Crippen LogP contribution in [-0.4, -0.2) is 16.2 Å². The van der Waals surface area contributed by atoms with Crippen molar-refractivity contribution >= 4 is 5.97 Å². The zero-order valence-electron chi connectivity index (χ0n) is 11.1. The van der Waals surface area contributed by atoms with Crippen LogP contribution in [0.3, 0.4) is 0 Å². The second kappa shape index (κ2) is 5.97. The number of aromatic carboxylic acids is 1. The summed E-state index contributed by atoms with van der Waals surface area (Å²) in [6.07, 6.45) is -4.41. The number of carboxylic acids is 1. The first-order valence-electron chi connectivity index (χ1n) is 6.12. The smallest absolute Gasteiger partial charge is 0.416 e. The SMILES string of the molecule is O=C(O)c1ccc(COc2ccc(C(F)(F)F)cc2)cc1O. The molecule has 0 aliphatic rings. The fourth-order valence-electron chi connectivity index (χ4n) is 1.75. The molecule has 7 heteroatoms. The molecule has 0 amide bonds. The molecule has 0 radical (unpaired) electrons. The van der Waals surface area contributed by atoms with Crippen LogP contribution in [0.15, 0.2) is 42.5 Å². The van der Waals surface area contributed by atoms with Crippen molar-refractivity contribution in [3.05, 3.63) is 59.2 Å². The highest BCUT2D eigenvalue weighted by molar-refractivity contribution is 5.90. The van der Waals surface area contributed by atoms with Crippen molar-refractivity contribution in [2.45, 2.75) is 12.8 Å². The number of hydrogen-bond donors (Lipinski definition) is 2. The van der Waals surface area contributed by atoms with E-state index in [1.54, 1.807) is 0 Å². The molecule has 4 nitrogen and oxygen atoms in total.